The number of halogens is 3. The molecule has 3 heterocycles. The van der Waals surface area contributed by atoms with Crippen molar-refractivity contribution in [1.82, 2.24) is 14.3 Å². The number of carbonyl (C=O) groups is 1. The van der Waals surface area contributed by atoms with Crippen LogP contribution in [0.15, 0.2) is 48.7 Å². The third kappa shape index (κ3) is 3.35. The normalized spacial score (nSPS) is 14.1. The number of anilines is 2. The molecule has 0 aliphatic carbocycles. The third-order valence-electron chi connectivity index (χ3n) is 4.68. The van der Waals surface area contributed by atoms with E-state index in [0.29, 0.717) is 25.3 Å². The molecule has 0 unspecified atom stereocenters. The van der Waals surface area contributed by atoms with Crippen LogP contribution in [0, 0.1) is 0 Å². The van der Waals surface area contributed by atoms with Gasteiger partial charge in [-0.15, -0.1) is 0 Å². The molecule has 0 radical (unpaired) electrons. The number of nitrogens with one attached hydrogen (secondary N) is 1. The summed E-state index contributed by atoms with van der Waals surface area (Å²) in [7, 11) is 1.91. The van der Waals surface area contributed by atoms with E-state index in [1.165, 1.54) is 17.0 Å². The molecule has 2 amide bonds. The number of alkyl halides is 3. The second kappa shape index (κ2) is 6.74. The average molecular weight is 389 g/mol. The van der Waals surface area contributed by atoms with E-state index in [4.69, 9.17) is 0 Å². The molecule has 146 valence electrons. The Kier molecular flexibility index (Phi) is 4.37. The van der Waals surface area contributed by atoms with Crippen molar-refractivity contribution in [1.29, 1.82) is 0 Å². The lowest BCUT2D eigenvalue weighted by Crippen LogP contribution is -2.40. The molecule has 0 fully saturated rings. The maximum absolute atomic E-state index is 12.9. The second-order valence-electron chi connectivity index (χ2n) is 6.63. The first-order chi connectivity index (χ1) is 13.3. The van der Waals surface area contributed by atoms with Crippen LogP contribution in [0.25, 0.3) is 11.4 Å². The van der Waals surface area contributed by atoms with E-state index < -0.39 is 17.8 Å². The number of aryl methyl sites for hydroxylation is 2. The van der Waals surface area contributed by atoms with Crippen molar-refractivity contribution in [2.24, 2.45) is 7.05 Å². The van der Waals surface area contributed by atoms with Gasteiger partial charge in [0.2, 0.25) is 0 Å². The molecule has 9 heteroatoms. The van der Waals surface area contributed by atoms with Gasteiger partial charge in [0, 0.05) is 38.1 Å². The zero-order valence-corrected chi connectivity index (χ0v) is 15.1. The summed E-state index contributed by atoms with van der Waals surface area (Å²) in [6.07, 6.45) is -1.85. The van der Waals surface area contributed by atoms with Gasteiger partial charge in [-0.05, 0) is 36.8 Å². The standard InChI is InChI=1S/C19H18F3N5O/c1-25-8-3-7-16(25)15-12-17-26(9-4-10-27(17)24-15)18(28)23-14-6-2-5-13(11-14)19(20,21)22/h2-3,5-8,11-12H,4,9-10H2,1H3,(H,23,28). The largest absolute Gasteiger partial charge is 0.416 e. The molecule has 1 N–H and O–H groups in total. The van der Waals surface area contributed by atoms with Crippen LogP contribution in [0.3, 0.4) is 0 Å². The third-order valence-corrected chi connectivity index (χ3v) is 4.68. The van der Waals surface area contributed by atoms with Gasteiger partial charge in [0.1, 0.15) is 11.5 Å². The quantitative estimate of drug-likeness (QED) is 0.709. The van der Waals surface area contributed by atoms with E-state index >= 15 is 0 Å². The van der Waals surface area contributed by atoms with E-state index in [2.05, 4.69) is 10.4 Å². The molecular weight excluding hydrogens is 371 g/mol. The van der Waals surface area contributed by atoms with Crippen molar-refractivity contribution < 1.29 is 18.0 Å². The first-order valence-electron chi connectivity index (χ1n) is 8.78. The monoisotopic (exact) mass is 389 g/mol. The molecule has 28 heavy (non-hydrogen) atoms. The number of benzene rings is 1. The minimum absolute atomic E-state index is 0.0964. The van der Waals surface area contributed by atoms with Crippen LogP contribution in [0.4, 0.5) is 29.5 Å². The van der Waals surface area contributed by atoms with Crippen molar-refractivity contribution in [3.63, 3.8) is 0 Å². The number of carbonyl (C=O) groups excluding carboxylic acids is 1. The molecule has 0 saturated heterocycles. The summed E-state index contributed by atoms with van der Waals surface area (Å²) < 4.78 is 42.4. The first kappa shape index (κ1) is 18.1. The Bertz CT molecular complexity index is 1020. The lowest BCUT2D eigenvalue weighted by molar-refractivity contribution is -0.137. The fraction of sp³-hybridized carbons (Fsp3) is 0.263. The van der Waals surface area contributed by atoms with Gasteiger partial charge in [-0.2, -0.15) is 18.3 Å². The van der Waals surface area contributed by atoms with Crippen LogP contribution in [-0.2, 0) is 19.8 Å². The molecule has 1 aromatic carbocycles. The van der Waals surface area contributed by atoms with Gasteiger partial charge in [0.25, 0.3) is 0 Å². The minimum Gasteiger partial charge on any atom is -0.349 e. The summed E-state index contributed by atoms with van der Waals surface area (Å²) in [6, 6.07) is 9.77. The van der Waals surface area contributed by atoms with E-state index in [9.17, 15) is 18.0 Å². The van der Waals surface area contributed by atoms with Crippen LogP contribution < -0.4 is 10.2 Å². The Morgan fingerprint density at radius 3 is 2.68 bits per heavy atom. The summed E-state index contributed by atoms with van der Waals surface area (Å²) in [5.41, 5.74) is 0.945. The maximum atomic E-state index is 12.9. The number of amides is 2. The number of hydrogen-bond donors (Lipinski definition) is 1. The van der Waals surface area contributed by atoms with Crippen molar-refractivity contribution in [2.45, 2.75) is 19.1 Å². The lowest BCUT2D eigenvalue weighted by atomic mass is 10.2. The van der Waals surface area contributed by atoms with Crippen LogP contribution in [0.5, 0.6) is 0 Å². The van der Waals surface area contributed by atoms with Crippen molar-refractivity contribution in [2.75, 3.05) is 16.8 Å². The zero-order valence-electron chi connectivity index (χ0n) is 15.1. The molecule has 3 aromatic rings. The fourth-order valence-electron chi connectivity index (χ4n) is 3.30. The van der Waals surface area contributed by atoms with Crippen molar-refractivity contribution >= 4 is 17.5 Å². The highest BCUT2D eigenvalue weighted by Crippen LogP contribution is 2.31. The number of hydrogen-bond acceptors (Lipinski definition) is 2. The van der Waals surface area contributed by atoms with E-state index in [1.54, 1.807) is 4.68 Å². The molecule has 0 spiro atoms. The maximum Gasteiger partial charge on any atom is 0.416 e. The van der Waals surface area contributed by atoms with Crippen LogP contribution >= 0.6 is 0 Å². The Hall–Kier alpha value is -3.23. The molecule has 0 bridgehead atoms. The second-order valence-corrected chi connectivity index (χ2v) is 6.63. The predicted molar refractivity (Wildman–Crippen MR) is 99.1 cm³/mol. The molecular formula is C19H18F3N5O. The fourth-order valence-corrected chi connectivity index (χ4v) is 3.30. The van der Waals surface area contributed by atoms with Gasteiger partial charge in [-0.3, -0.25) is 4.90 Å². The minimum atomic E-state index is -4.46. The Morgan fingerprint density at radius 2 is 1.96 bits per heavy atom. The zero-order chi connectivity index (χ0) is 19.9. The van der Waals surface area contributed by atoms with Gasteiger partial charge in [0.15, 0.2) is 0 Å². The van der Waals surface area contributed by atoms with Gasteiger partial charge < -0.3 is 9.88 Å². The lowest BCUT2D eigenvalue weighted by Gasteiger charge is -2.27. The number of rotatable bonds is 2. The first-order valence-corrected chi connectivity index (χ1v) is 8.78. The van der Waals surface area contributed by atoms with Crippen LogP contribution in [0.2, 0.25) is 0 Å². The number of fused-ring (bicyclic) bond motifs is 1. The molecule has 1 aliphatic heterocycles. The smallest absolute Gasteiger partial charge is 0.349 e. The molecule has 0 atom stereocenters. The summed E-state index contributed by atoms with van der Waals surface area (Å²) in [4.78, 5) is 14.2. The molecule has 4 rings (SSSR count). The van der Waals surface area contributed by atoms with Gasteiger partial charge in [0.05, 0.1) is 11.3 Å². The number of aromatic nitrogens is 3. The highest BCUT2D eigenvalue weighted by Gasteiger charge is 2.31. The Labute approximate surface area is 159 Å². The van der Waals surface area contributed by atoms with Crippen molar-refractivity contribution in [3.8, 4) is 11.4 Å². The topological polar surface area (TPSA) is 55.1 Å². The highest BCUT2D eigenvalue weighted by molar-refractivity contribution is 6.01. The summed E-state index contributed by atoms with van der Waals surface area (Å²) in [5.74, 6) is 0.618. The van der Waals surface area contributed by atoms with Gasteiger partial charge in [-0.25, -0.2) is 9.48 Å². The van der Waals surface area contributed by atoms with E-state index in [0.717, 1.165) is 23.5 Å². The van der Waals surface area contributed by atoms with Crippen LogP contribution in [-0.4, -0.2) is 26.9 Å². The average Bonchev–Trinajstić information content (AvgIpc) is 3.26. The summed E-state index contributed by atoms with van der Waals surface area (Å²) >= 11 is 0. The molecule has 0 saturated carbocycles. The number of nitrogens with zero attached hydrogens (tertiary/aromatic N) is 4. The van der Waals surface area contributed by atoms with Gasteiger partial charge in [-0.1, -0.05) is 6.07 Å². The number of urea groups is 1. The summed E-state index contributed by atoms with van der Waals surface area (Å²) in [6.45, 7) is 1.14. The molecule has 2 aromatic heterocycles. The molecule has 6 nitrogen and oxygen atoms in total. The van der Waals surface area contributed by atoms with E-state index in [-0.39, 0.29) is 5.69 Å². The SMILES string of the molecule is Cn1cccc1-c1cc2n(n1)CCCN2C(=O)Nc1cccc(C(F)(F)F)c1. The van der Waals surface area contributed by atoms with Gasteiger partial charge >= 0.3 is 12.2 Å². The molecule has 1 aliphatic rings. The van der Waals surface area contributed by atoms with Crippen molar-refractivity contribution in [3.05, 3.63) is 54.2 Å². The Balaban J connectivity index is 1.59. The summed E-state index contributed by atoms with van der Waals surface area (Å²) in [5, 5.41) is 7.13. The van der Waals surface area contributed by atoms with E-state index in [1.807, 2.05) is 36.0 Å². The van der Waals surface area contributed by atoms with Crippen LogP contribution in [0.1, 0.15) is 12.0 Å². The predicted octanol–water partition coefficient (Wildman–Crippen LogP) is 4.35. The highest BCUT2D eigenvalue weighted by atomic mass is 19.4. The Morgan fingerprint density at radius 1 is 1.14 bits per heavy atom.